The Hall–Kier alpha value is -2.12. The molecular formula is C12H11F4NO3. The molecule has 0 aliphatic heterocycles. The Kier molecular flexibility index (Phi) is 4.69. The van der Waals surface area contributed by atoms with Crippen LogP contribution in [0.25, 0.3) is 0 Å². The molecule has 0 aromatic heterocycles. The number of amides is 1. The van der Waals surface area contributed by atoms with E-state index < -0.39 is 42.5 Å². The molecule has 1 rings (SSSR count). The Balaban J connectivity index is 3.09. The van der Waals surface area contributed by atoms with Crippen LogP contribution in [0.1, 0.15) is 15.9 Å². The van der Waals surface area contributed by atoms with Gasteiger partial charge in [0.15, 0.2) is 0 Å². The molecule has 1 N–H and O–H groups in total. The van der Waals surface area contributed by atoms with Crippen LogP contribution in [0.3, 0.4) is 0 Å². The maximum atomic E-state index is 13.5. The van der Waals surface area contributed by atoms with Gasteiger partial charge in [0.25, 0.3) is 5.91 Å². The first kappa shape index (κ1) is 15.9. The number of aliphatic carboxylic acids is 1. The minimum Gasteiger partial charge on any atom is -0.480 e. The van der Waals surface area contributed by atoms with Crippen LogP contribution in [-0.2, 0) is 4.79 Å². The van der Waals surface area contributed by atoms with Crippen molar-refractivity contribution in [1.29, 1.82) is 0 Å². The van der Waals surface area contributed by atoms with E-state index in [1.165, 1.54) is 13.0 Å². The summed E-state index contributed by atoms with van der Waals surface area (Å²) in [6.45, 7) is -1.39. The summed E-state index contributed by atoms with van der Waals surface area (Å²) in [6.07, 6.45) is -4.77. The Morgan fingerprint density at radius 1 is 1.30 bits per heavy atom. The molecule has 0 spiro atoms. The standard InChI is InChI=1S/C12H11F4NO3/c1-7-2-3-9(13)8(4-7)11(20)17(5-10(18)19)6-12(14,15)16/h2-4H,5-6H2,1H3,(H,18,19). The summed E-state index contributed by atoms with van der Waals surface area (Å²) in [5, 5.41) is 8.55. The van der Waals surface area contributed by atoms with E-state index in [0.29, 0.717) is 5.56 Å². The number of carboxylic acids is 1. The molecule has 20 heavy (non-hydrogen) atoms. The van der Waals surface area contributed by atoms with E-state index in [1.54, 1.807) is 0 Å². The number of aryl methyl sites for hydroxylation is 1. The van der Waals surface area contributed by atoms with Crippen LogP contribution in [0, 0.1) is 12.7 Å². The van der Waals surface area contributed by atoms with Crippen LogP contribution in [0.2, 0.25) is 0 Å². The lowest BCUT2D eigenvalue weighted by Crippen LogP contribution is -2.42. The Bertz CT molecular complexity index is 528. The molecule has 8 heteroatoms. The number of nitrogens with zero attached hydrogens (tertiary/aromatic N) is 1. The molecule has 0 heterocycles. The molecule has 0 radical (unpaired) electrons. The average molecular weight is 293 g/mol. The predicted octanol–water partition coefficient (Wildman–Crippen LogP) is 2.22. The van der Waals surface area contributed by atoms with Gasteiger partial charge in [0.2, 0.25) is 0 Å². The third-order valence-electron chi connectivity index (χ3n) is 2.34. The van der Waals surface area contributed by atoms with E-state index >= 15 is 0 Å². The molecular weight excluding hydrogens is 282 g/mol. The zero-order chi connectivity index (χ0) is 15.5. The van der Waals surface area contributed by atoms with Crippen LogP contribution >= 0.6 is 0 Å². The van der Waals surface area contributed by atoms with E-state index in [0.717, 1.165) is 12.1 Å². The molecule has 0 aliphatic rings. The van der Waals surface area contributed by atoms with E-state index in [1.807, 2.05) is 0 Å². The lowest BCUT2D eigenvalue weighted by atomic mass is 10.1. The summed E-state index contributed by atoms with van der Waals surface area (Å²) >= 11 is 0. The van der Waals surface area contributed by atoms with Crippen molar-refractivity contribution in [3.8, 4) is 0 Å². The zero-order valence-electron chi connectivity index (χ0n) is 10.4. The minimum absolute atomic E-state index is 0.0419. The van der Waals surface area contributed by atoms with Gasteiger partial charge in [-0.3, -0.25) is 9.59 Å². The van der Waals surface area contributed by atoms with Gasteiger partial charge in [0, 0.05) is 0 Å². The lowest BCUT2D eigenvalue weighted by Gasteiger charge is -2.22. The summed E-state index contributed by atoms with van der Waals surface area (Å²) in [5.74, 6) is -3.93. The van der Waals surface area contributed by atoms with Crippen molar-refractivity contribution in [2.75, 3.05) is 13.1 Å². The number of carbonyl (C=O) groups is 2. The first-order valence-electron chi connectivity index (χ1n) is 5.44. The Morgan fingerprint density at radius 3 is 2.40 bits per heavy atom. The topological polar surface area (TPSA) is 57.6 Å². The number of carboxylic acid groups (broad SMARTS) is 1. The molecule has 1 amide bonds. The highest BCUT2D eigenvalue weighted by Gasteiger charge is 2.35. The maximum Gasteiger partial charge on any atom is 0.406 e. The van der Waals surface area contributed by atoms with Gasteiger partial charge in [-0.15, -0.1) is 0 Å². The molecule has 0 saturated carbocycles. The summed E-state index contributed by atoms with van der Waals surface area (Å²) in [6, 6.07) is 3.36. The molecule has 0 saturated heterocycles. The van der Waals surface area contributed by atoms with Gasteiger partial charge in [-0.1, -0.05) is 11.6 Å². The van der Waals surface area contributed by atoms with Gasteiger partial charge in [-0.25, -0.2) is 4.39 Å². The number of alkyl halides is 3. The fourth-order valence-corrected chi connectivity index (χ4v) is 1.55. The molecule has 1 aromatic carbocycles. The third-order valence-corrected chi connectivity index (χ3v) is 2.34. The van der Waals surface area contributed by atoms with Crippen molar-refractivity contribution in [2.45, 2.75) is 13.1 Å². The molecule has 0 atom stereocenters. The Labute approximate surface area is 111 Å². The predicted molar refractivity (Wildman–Crippen MR) is 60.7 cm³/mol. The summed E-state index contributed by atoms with van der Waals surface area (Å²) < 4.78 is 50.5. The molecule has 110 valence electrons. The van der Waals surface area contributed by atoms with Crippen molar-refractivity contribution in [1.82, 2.24) is 4.90 Å². The van der Waals surface area contributed by atoms with Crippen molar-refractivity contribution >= 4 is 11.9 Å². The normalized spacial score (nSPS) is 11.2. The number of rotatable bonds is 4. The average Bonchev–Trinajstić information content (AvgIpc) is 2.28. The van der Waals surface area contributed by atoms with Crippen LogP contribution < -0.4 is 0 Å². The second-order valence-corrected chi connectivity index (χ2v) is 4.15. The molecule has 0 aliphatic carbocycles. The zero-order valence-corrected chi connectivity index (χ0v) is 10.4. The first-order chi connectivity index (χ1) is 9.10. The number of hydrogen-bond acceptors (Lipinski definition) is 2. The minimum atomic E-state index is -4.77. The molecule has 1 aromatic rings. The number of benzene rings is 1. The monoisotopic (exact) mass is 293 g/mol. The number of carbonyl (C=O) groups excluding carboxylic acids is 1. The van der Waals surface area contributed by atoms with Crippen molar-refractivity contribution in [3.05, 3.63) is 35.1 Å². The second-order valence-electron chi connectivity index (χ2n) is 4.15. The number of halogens is 4. The molecule has 4 nitrogen and oxygen atoms in total. The highest BCUT2D eigenvalue weighted by Crippen LogP contribution is 2.19. The van der Waals surface area contributed by atoms with Crippen LogP contribution in [0.4, 0.5) is 17.6 Å². The van der Waals surface area contributed by atoms with Gasteiger partial charge >= 0.3 is 12.1 Å². The van der Waals surface area contributed by atoms with Crippen molar-refractivity contribution < 1.29 is 32.3 Å². The summed E-state index contributed by atoms with van der Waals surface area (Å²) in [4.78, 5) is 22.4. The van der Waals surface area contributed by atoms with Gasteiger partial charge < -0.3 is 10.0 Å². The number of hydrogen-bond donors (Lipinski definition) is 1. The SMILES string of the molecule is Cc1ccc(F)c(C(=O)N(CC(=O)O)CC(F)(F)F)c1. The highest BCUT2D eigenvalue weighted by atomic mass is 19.4. The maximum absolute atomic E-state index is 13.5. The van der Waals surface area contributed by atoms with Gasteiger partial charge in [-0.05, 0) is 19.1 Å². The summed E-state index contributed by atoms with van der Waals surface area (Å²) in [7, 11) is 0. The summed E-state index contributed by atoms with van der Waals surface area (Å²) in [5.41, 5.74) is -0.118. The highest BCUT2D eigenvalue weighted by molar-refractivity contribution is 5.96. The van der Waals surface area contributed by atoms with Gasteiger partial charge in [0.1, 0.15) is 18.9 Å². The smallest absolute Gasteiger partial charge is 0.406 e. The van der Waals surface area contributed by atoms with Crippen molar-refractivity contribution in [2.24, 2.45) is 0 Å². The van der Waals surface area contributed by atoms with E-state index in [4.69, 9.17) is 5.11 Å². The van der Waals surface area contributed by atoms with E-state index in [2.05, 4.69) is 0 Å². The fraction of sp³-hybridized carbons (Fsp3) is 0.333. The van der Waals surface area contributed by atoms with Crippen LogP contribution in [0.5, 0.6) is 0 Å². The van der Waals surface area contributed by atoms with Crippen LogP contribution in [-0.4, -0.2) is 41.1 Å². The molecule has 0 unspecified atom stereocenters. The molecule has 0 bridgehead atoms. The van der Waals surface area contributed by atoms with E-state index in [-0.39, 0.29) is 4.90 Å². The van der Waals surface area contributed by atoms with E-state index in [9.17, 15) is 27.2 Å². The van der Waals surface area contributed by atoms with Gasteiger partial charge in [-0.2, -0.15) is 13.2 Å². The second kappa shape index (κ2) is 5.89. The Morgan fingerprint density at radius 2 is 1.90 bits per heavy atom. The molecule has 0 fully saturated rings. The van der Waals surface area contributed by atoms with Gasteiger partial charge in [0.05, 0.1) is 5.56 Å². The lowest BCUT2D eigenvalue weighted by molar-refractivity contribution is -0.149. The fourth-order valence-electron chi connectivity index (χ4n) is 1.55. The largest absolute Gasteiger partial charge is 0.480 e. The van der Waals surface area contributed by atoms with Crippen LogP contribution in [0.15, 0.2) is 18.2 Å². The van der Waals surface area contributed by atoms with Crippen molar-refractivity contribution in [3.63, 3.8) is 0 Å². The first-order valence-corrected chi connectivity index (χ1v) is 5.44. The third kappa shape index (κ3) is 4.52. The quantitative estimate of drug-likeness (QED) is 0.866.